The fourth-order valence-corrected chi connectivity index (χ4v) is 3.69. The van der Waals surface area contributed by atoms with Gasteiger partial charge in [-0.3, -0.25) is 9.59 Å². The number of aromatic nitrogens is 1. The Morgan fingerprint density at radius 3 is 2.37 bits per heavy atom. The molecular weight excluding hydrogens is 308 g/mol. The van der Waals surface area contributed by atoms with Crippen LogP contribution in [0.25, 0.3) is 0 Å². The first kappa shape index (κ1) is 12.8. The first-order valence-corrected chi connectivity index (χ1v) is 7.37. The zero-order valence-corrected chi connectivity index (χ0v) is 12.1. The van der Waals surface area contributed by atoms with Crippen molar-refractivity contribution in [2.24, 2.45) is 5.41 Å². The van der Waals surface area contributed by atoms with E-state index in [9.17, 15) is 9.59 Å². The Bertz CT molecular complexity index is 518. The monoisotopic (exact) mass is 322 g/mol. The molecule has 0 aromatic carbocycles. The number of rotatable bonds is 1. The van der Waals surface area contributed by atoms with E-state index in [2.05, 4.69) is 20.9 Å². The van der Waals surface area contributed by atoms with Crippen molar-refractivity contribution in [1.82, 2.24) is 4.98 Å². The van der Waals surface area contributed by atoms with Crippen LogP contribution in [0.2, 0.25) is 0 Å². The van der Waals surface area contributed by atoms with Crippen LogP contribution in [-0.4, -0.2) is 16.8 Å². The van der Waals surface area contributed by atoms with Gasteiger partial charge >= 0.3 is 0 Å². The Labute approximate surface area is 120 Å². The van der Waals surface area contributed by atoms with E-state index in [0.29, 0.717) is 23.1 Å². The Morgan fingerprint density at radius 2 is 1.79 bits per heavy atom. The molecule has 1 saturated heterocycles. The Kier molecular flexibility index (Phi) is 3.17. The average molecular weight is 323 g/mol. The zero-order chi connectivity index (χ0) is 13.5. The molecule has 1 aromatic heterocycles. The van der Waals surface area contributed by atoms with Gasteiger partial charge < -0.3 is 0 Å². The van der Waals surface area contributed by atoms with Gasteiger partial charge in [0.05, 0.1) is 4.47 Å². The van der Waals surface area contributed by atoms with Gasteiger partial charge in [0.2, 0.25) is 11.8 Å². The molecule has 3 rings (SSSR count). The van der Waals surface area contributed by atoms with E-state index < -0.39 is 0 Å². The van der Waals surface area contributed by atoms with Crippen molar-refractivity contribution in [2.75, 3.05) is 4.90 Å². The third-order valence-electron chi connectivity index (χ3n) is 4.17. The summed E-state index contributed by atoms with van der Waals surface area (Å²) in [7, 11) is 0. The number of carbonyl (C=O) groups excluding carboxylic acids is 2. The number of nitrogens with zero attached hydrogens (tertiary/aromatic N) is 2. The molecule has 19 heavy (non-hydrogen) atoms. The van der Waals surface area contributed by atoms with Crippen LogP contribution in [0.4, 0.5) is 5.82 Å². The van der Waals surface area contributed by atoms with Gasteiger partial charge in [-0.25, -0.2) is 9.88 Å². The zero-order valence-electron chi connectivity index (χ0n) is 10.6. The third-order valence-corrected chi connectivity index (χ3v) is 4.79. The number of anilines is 1. The van der Waals surface area contributed by atoms with Crippen LogP contribution in [-0.2, 0) is 9.59 Å². The van der Waals surface area contributed by atoms with Crippen LogP contribution in [0.15, 0.2) is 22.8 Å². The minimum Gasteiger partial charge on any atom is -0.274 e. The van der Waals surface area contributed by atoms with E-state index >= 15 is 0 Å². The van der Waals surface area contributed by atoms with Gasteiger partial charge in [-0.05, 0) is 46.3 Å². The highest BCUT2D eigenvalue weighted by molar-refractivity contribution is 9.10. The maximum absolute atomic E-state index is 12.4. The molecule has 100 valence electrons. The molecule has 2 amide bonds. The highest BCUT2D eigenvalue weighted by Gasteiger charge is 2.46. The normalized spacial score (nSPS) is 22.3. The molecule has 1 aliphatic heterocycles. The Hall–Kier alpha value is -1.23. The minimum atomic E-state index is -0.113. The van der Waals surface area contributed by atoms with E-state index in [4.69, 9.17) is 0 Å². The van der Waals surface area contributed by atoms with Crippen molar-refractivity contribution in [2.45, 2.75) is 38.5 Å². The molecule has 0 N–H and O–H groups in total. The van der Waals surface area contributed by atoms with Gasteiger partial charge in [-0.15, -0.1) is 0 Å². The average Bonchev–Trinajstić information content (AvgIpc) is 2.78. The second-order valence-electron chi connectivity index (χ2n) is 5.49. The van der Waals surface area contributed by atoms with Crippen LogP contribution in [0.3, 0.4) is 0 Å². The molecule has 0 radical (unpaired) electrons. The van der Waals surface area contributed by atoms with Crippen molar-refractivity contribution in [3.63, 3.8) is 0 Å². The summed E-state index contributed by atoms with van der Waals surface area (Å²) >= 11 is 3.35. The maximum Gasteiger partial charge on any atom is 0.235 e. The van der Waals surface area contributed by atoms with Gasteiger partial charge in [-0.2, -0.15) is 0 Å². The number of amides is 2. The molecule has 1 aliphatic carbocycles. The summed E-state index contributed by atoms with van der Waals surface area (Å²) < 4.78 is 0.680. The molecular formula is C14H15BrN2O2. The van der Waals surface area contributed by atoms with Gasteiger partial charge in [0, 0.05) is 19.0 Å². The number of hydrogen-bond donors (Lipinski definition) is 0. The lowest BCUT2D eigenvalue weighted by Crippen LogP contribution is -2.47. The van der Waals surface area contributed by atoms with Gasteiger partial charge in [-0.1, -0.05) is 12.8 Å². The SMILES string of the molecule is O=C1CC2(CCCC2)CC(=O)N1c1ncccc1Br. The van der Waals surface area contributed by atoms with Crippen LogP contribution < -0.4 is 4.90 Å². The summed E-state index contributed by atoms with van der Waals surface area (Å²) in [6.07, 6.45) is 6.81. The third kappa shape index (κ3) is 2.20. The highest BCUT2D eigenvalue weighted by Crippen LogP contribution is 2.47. The molecule has 4 nitrogen and oxygen atoms in total. The summed E-state index contributed by atoms with van der Waals surface area (Å²) in [4.78, 5) is 30.1. The number of imide groups is 1. The van der Waals surface area contributed by atoms with E-state index in [1.165, 1.54) is 4.90 Å². The van der Waals surface area contributed by atoms with Gasteiger partial charge in [0.1, 0.15) is 0 Å². The van der Waals surface area contributed by atoms with Crippen molar-refractivity contribution in [3.8, 4) is 0 Å². The highest BCUT2D eigenvalue weighted by atomic mass is 79.9. The predicted octanol–water partition coefficient (Wildman–Crippen LogP) is 3.06. The van der Waals surface area contributed by atoms with E-state index in [0.717, 1.165) is 25.7 Å². The van der Waals surface area contributed by atoms with Crippen LogP contribution >= 0.6 is 15.9 Å². The number of halogens is 1. The largest absolute Gasteiger partial charge is 0.274 e. The summed E-state index contributed by atoms with van der Waals surface area (Å²) in [5.41, 5.74) is -0.0636. The van der Waals surface area contributed by atoms with Crippen LogP contribution in [0.5, 0.6) is 0 Å². The second kappa shape index (κ2) is 4.71. The van der Waals surface area contributed by atoms with Crippen LogP contribution in [0, 0.1) is 5.41 Å². The molecule has 5 heteroatoms. The Morgan fingerprint density at radius 1 is 1.16 bits per heavy atom. The quantitative estimate of drug-likeness (QED) is 0.747. The van der Waals surface area contributed by atoms with Crippen molar-refractivity contribution in [3.05, 3.63) is 22.8 Å². The van der Waals surface area contributed by atoms with E-state index in [1.54, 1.807) is 18.3 Å². The molecule has 1 aromatic rings. The lowest BCUT2D eigenvalue weighted by atomic mass is 9.76. The van der Waals surface area contributed by atoms with Gasteiger partial charge in [0.15, 0.2) is 5.82 Å². The smallest absolute Gasteiger partial charge is 0.235 e. The molecule has 0 unspecified atom stereocenters. The summed E-state index contributed by atoms with van der Waals surface area (Å²) in [5, 5.41) is 0. The number of pyridine rings is 1. The first-order valence-electron chi connectivity index (χ1n) is 6.58. The molecule has 1 saturated carbocycles. The molecule has 2 aliphatic rings. The maximum atomic E-state index is 12.4. The lowest BCUT2D eigenvalue weighted by molar-refractivity contribution is -0.133. The second-order valence-corrected chi connectivity index (χ2v) is 6.35. The number of piperidine rings is 1. The van der Waals surface area contributed by atoms with Crippen molar-refractivity contribution in [1.29, 1.82) is 0 Å². The van der Waals surface area contributed by atoms with Gasteiger partial charge in [0.25, 0.3) is 0 Å². The van der Waals surface area contributed by atoms with Crippen molar-refractivity contribution >= 4 is 33.6 Å². The standard InChI is InChI=1S/C14H15BrN2O2/c15-10-4-3-7-16-13(10)17-11(18)8-14(9-12(17)19)5-1-2-6-14/h3-4,7H,1-2,5-6,8-9H2. The topological polar surface area (TPSA) is 50.3 Å². The lowest BCUT2D eigenvalue weighted by Gasteiger charge is -2.36. The predicted molar refractivity (Wildman–Crippen MR) is 74.6 cm³/mol. The first-order chi connectivity index (χ1) is 9.11. The van der Waals surface area contributed by atoms with Crippen LogP contribution in [0.1, 0.15) is 38.5 Å². The molecule has 2 fully saturated rings. The summed E-state index contributed by atoms with van der Waals surface area (Å²) in [6, 6.07) is 3.56. The molecule has 0 atom stereocenters. The van der Waals surface area contributed by atoms with E-state index in [-0.39, 0.29) is 17.2 Å². The molecule has 2 heterocycles. The molecule has 0 bridgehead atoms. The minimum absolute atomic E-state index is 0.0636. The summed E-state index contributed by atoms with van der Waals surface area (Å²) in [5.74, 6) is 0.195. The Balaban J connectivity index is 1.91. The number of carbonyl (C=O) groups is 2. The fourth-order valence-electron chi connectivity index (χ4n) is 3.26. The fraction of sp³-hybridized carbons (Fsp3) is 0.500. The summed E-state index contributed by atoms with van der Waals surface area (Å²) in [6.45, 7) is 0. The number of hydrogen-bond acceptors (Lipinski definition) is 3. The van der Waals surface area contributed by atoms with E-state index in [1.807, 2.05) is 0 Å². The van der Waals surface area contributed by atoms with Crippen molar-refractivity contribution < 1.29 is 9.59 Å². The molecule has 1 spiro atoms.